The minimum Gasteiger partial charge on any atom is -0.306 e. The lowest BCUT2D eigenvalue weighted by Crippen LogP contribution is -2.09. The summed E-state index contributed by atoms with van der Waals surface area (Å²) in [6.45, 7) is 5.51. The molecule has 0 saturated carbocycles. The Hall–Kier alpha value is -1.88. The summed E-state index contributed by atoms with van der Waals surface area (Å²) in [7, 11) is 0. The number of aryl methyl sites for hydroxylation is 2. The van der Waals surface area contributed by atoms with Crippen LogP contribution in [0.5, 0.6) is 0 Å². The molecule has 0 spiro atoms. The Bertz CT molecular complexity index is 729. The molecule has 3 rings (SSSR count). The molecule has 0 aliphatic rings. The molecule has 0 amide bonds. The smallest absolute Gasteiger partial charge is 0.159 e. The molecule has 0 aromatic carbocycles. The third-order valence-electron chi connectivity index (χ3n) is 3.34. The highest BCUT2D eigenvalue weighted by Gasteiger charge is 2.17. The molecule has 0 bridgehead atoms. The van der Waals surface area contributed by atoms with E-state index in [4.69, 9.17) is 11.6 Å². The van der Waals surface area contributed by atoms with Crippen molar-refractivity contribution in [3.8, 4) is 0 Å². The lowest BCUT2D eigenvalue weighted by Gasteiger charge is -2.08. The summed E-state index contributed by atoms with van der Waals surface area (Å²) in [5.41, 5.74) is 3.87. The number of fused-ring (bicyclic) bond motifs is 1. The molecule has 0 saturated heterocycles. The van der Waals surface area contributed by atoms with Gasteiger partial charge in [0.2, 0.25) is 0 Å². The van der Waals surface area contributed by atoms with Crippen LogP contribution in [-0.2, 0) is 19.0 Å². The molecule has 3 aromatic heterocycles. The first-order valence-corrected chi connectivity index (χ1v) is 7.16. The average molecular weight is 290 g/mol. The number of rotatable bonds is 4. The van der Waals surface area contributed by atoms with Crippen molar-refractivity contribution in [2.24, 2.45) is 0 Å². The van der Waals surface area contributed by atoms with Crippen LogP contribution in [0.3, 0.4) is 0 Å². The first kappa shape index (κ1) is 13.1. The van der Waals surface area contributed by atoms with Crippen molar-refractivity contribution in [1.82, 2.24) is 24.3 Å². The second-order valence-corrected chi connectivity index (χ2v) is 4.91. The third-order valence-corrected chi connectivity index (χ3v) is 3.58. The van der Waals surface area contributed by atoms with Crippen LogP contribution in [-0.4, -0.2) is 24.3 Å². The van der Waals surface area contributed by atoms with Crippen molar-refractivity contribution < 1.29 is 0 Å². The SMILES string of the molecule is CCn1nc(C)c2nc(CCl)n(Cc3ccccn3)c21. The van der Waals surface area contributed by atoms with Gasteiger partial charge >= 0.3 is 0 Å². The van der Waals surface area contributed by atoms with E-state index < -0.39 is 0 Å². The Balaban J connectivity index is 2.16. The Labute approximate surface area is 122 Å². The van der Waals surface area contributed by atoms with Gasteiger partial charge in [-0.1, -0.05) is 6.07 Å². The summed E-state index contributed by atoms with van der Waals surface area (Å²) >= 11 is 6.04. The Morgan fingerprint density at radius 3 is 2.80 bits per heavy atom. The van der Waals surface area contributed by atoms with E-state index in [-0.39, 0.29) is 0 Å². The maximum Gasteiger partial charge on any atom is 0.159 e. The molecule has 0 unspecified atom stereocenters. The number of hydrogen-bond acceptors (Lipinski definition) is 3. The zero-order chi connectivity index (χ0) is 14.1. The van der Waals surface area contributed by atoms with Crippen LogP contribution in [0.2, 0.25) is 0 Å². The fourth-order valence-corrected chi connectivity index (χ4v) is 2.62. The third kappa shape index (κ3) is 2.08. The molecule has 104 valence electrons. The summed E-state index contributed by atoms with van der Waals surface area (Å²) in [5.74, 6) is 1.24. The van der Waals surface area contributed by atoms with E-state index in [9.17, 15) is 0 Å². The molecule has 0 fully saturated rings. The number of halogens is 1. The Kier molecular flexibility index (Phi) is 3.44. The van der Waals surface area contributed by atoms with Crippen LogP contribution in [0.4, 0.5) is 0 Å². The molecule has 0 radical (unpaired) electrons. The molecule has 20 heavy (non-hydrogen) atoms. The largest absolute Gasteiger partial charge is 0.306 e. The molecule has 0 aliphatic carbocycles. The number of hydrogen-bond donors (Lipinski definition) is 0. The first-order chi connectivity index (χ1) is 9.74. The van der Waals surface area contributed by atoms with E-state index in [1.807, 2.05) is 29.8 Å². The quantitative estimate of drug-likeness (QED) is 0.694. The maximum absolute atomic E-state index is 6.04. The lowest BCUT2D eigenvalue weighted by molar-refractivity contribution is 0.636. The molecular formula is C14H16ClN5. The first-order valence-electron chi connectivity index (χ1n) is 6.63. The van der Waals surface area contributed by atoms with Crippen LogP contribution in [0.15, 0.2) is 24.4 Å². The molecule has 3 heterocycles. The van der Waals surface area contributed by atoms with E-state index in [1.54, 1.807) is 6.20 Å². The van der Waals surface area contributed by atoms with Gasteiger partial charge in [-0.15, -0.1) is 11.6 Å². The zero-order valence-corrected chi connectivity index (χ0v) is 12.3. The minimum absolute atomic E-state index is 0.380. The van der Waals surface area contributed by atoms with Crippen molar-refractivity contribution in [2.75, 3.05) is 0 Å². The molecule has 3 aromatic rings. The molecule has 5 nitrogen and oxygen atoms in total. The van der Waals surface area contributed by atoms with Gasteiger partial charge in [0.15, 0.2) is 5.65 Å². The van der Waals surface area contributed by atoms with Crippen molar-refractivity contribution in [2.45, 2.75) is 32.8 Å². The number of pyridine rings is 1. The number of alkyl halides is 1. The summed E-state index contributed by atoms with van der Waals surface area (Å²) < 4.78 is 4.07. The van der Waals surface area contributed by atoms with Gasteiger partial charge in [-0.25, -0.2) is 9.67 Å². The van der Waals surface area contributed by atoms with Gasteiger partial charge < -0.3 is 4.57 Å². The van der Waals surface area contributed by atoms with Gasteiger partial charge in [-0.2, -0.15) is 5.10 Å². The maximum atomic E-state index is 6.04. The monoisotopic (exact) mass is 289 g/mol. The van der Waals surface area contributed by atoms with Gasteiger partial charge in [0.25, 0.3) is 0 Å². The predicted molar refractivity (Wildman–Crippen MR) is 78.8 cm³/mol. The van der Waals surface area contributed by atoms with Crippen LogP contribution in [0.1, 0.15) is 24.1 Å². The highest BCUT2D eigenvalue weighted by atomic mass is 35.5. The van der Waals surface area contributed by atoms with Crippen molar-refractivity contribution in [3.63, 3.8) is 0 Å². The number of imidazole rings is 1. The second kappa shape index (κ2) is 5.25. The Morgan fingerprint density at radius 1 is 1.30 bits per heavy atom. The Morgan fingerprint density at radius 2 is 2.15 bits per heavy atom. The van der Waals surface area contributed by atoms with Crippen LogP contribution in [0.25, 0.3) is 11.2 Å². The van der Waals surface area contributed by atoms with Gasteiger partial charge in [0.1, 0.15) is 11.3 Å². The van der Waals surface area contributed by atoms with Gasteiger partial charge in [0, 0.05) is 12.7 Å². The van der Waals surface area contributed by atoms with Crippen molar-refractivity contribution >= 4 is 22.8 Å². The van der Waals surface area contributed by atoms with E-state index in [0.717, 1.165) is 34.9 Å². The average Bonchev–Trinajstić information content (AvgIpc) is 2.99. The zero-order valence-electron chi connectivity index (χ0n) is 11.5. The van der Waals surface area contributed by atoms with E-state index in [2.05, 4.69) is 26.6 Å². The molecule has 0 N–H and O–H groups in total. The summed E-state index contributed by atoms with van der Waals surface area (Å²) in [6, 6.07) is 5.90. The van der Waals surface area contributed by atoms with Crippen LogP contribution < -0.4 is 0 Å². The van der Waals surface area contributed by atoms with Gasteiger partial charge in [-0.3, -0.25) is 4.98 Å². The molecule has 0 atom stereocenters. The molecule has 6 heteroatoms. The predicted octanol–water partition coefficient (Wildman–Crippen LogP) is 2.74. The highest BCUT2D eigenvalue weighted by molar-refractivity contribution is 6.16. The lowest BCUT2D eigenvalue weighted by atomic mass is 10.3. The van der Waals surface area contributed by atoms with Crippen molar-refractivity contribution in [1.29, 1.82) is 0 Å². The van der Waals surface area contributed by atoms with E-state index >= 15 is 0 Å². The number of aromatic nitrogens is 5. The van der Waals surface area contributed by atoms with Crippen molar-refractivity contribution in [3.05, 3.63) is 41.6 Å². The van der Waals surface area contributed by atoms with Crippen LogP contribution in [0, 0.1) is 6.92 Å². The summed E-state index contributed by atoms with van der Waals surface area (Å²) in [5, 5.41) is 4.52. The number of nitrogens with zero attached hydrogens (tertiary/aromatic N) is 5. The molecule has 0 aliphatic heterocycles. The van der Waals surface area contributed by atoms with Gasteiger partial charge in [0.05, 0.1) is 23.8 Å². The second-order valence-electron chi connectivity index (χ2n) is 4.64. The summed E-state index contributed by atoms with van der Waals surface area (Å²) in [6.07, 6.45) is 1.80. The standard InChI is InChI=1S/C14H16ClN5/c1-3-20-14-13(10(2)18-20)17-12(8-15)19(14)9-11-6-4-5-7-16-11/h4-7H,3,8-9H2,1-2H3. The van der Waals surface area contributed by atoms with Gasteiger partial charge in [-0.05, 0) is 26.0 Å². The molecular weight excluding hydrogens is 274 g/mol. The fraction of sp³-hybridized carbons (Fsp3) is 0.357. The fourth-order valence-electron chi connectivity index (χ4n) is 2.41. The summed E-state index contributed by atoms with van der Waals surface area (Å²) in [4.78, 5) is 8.99. The minimum atomic E-state index is 0.380. The topological polar surface area (TPSA) is 48.5 Å². The normalized spacial score (nSPS) is 11.3. The van der Waals surface area contributed by atoms with E-state index in [0.29, 0.717) is 12.4 Å². The van der Waals surface area contributed by atoms with Crippen LogP contribution >= 0.6 is 11.6 Å². The highest BCUT2D eigenvalue weighted by Crippen LogP contribution is 2.21. The van der Waals surface area contributed by atoms with E-state index in [1.165, 1.54) is 0 Å².